The van der Waals surface area contributed by atoms with Crippen LogP contribution in [0.15, 0.2) is 18.2 Å². The molecule has 0 saturated carbocycles. The van der Waals surface area contributed by atoms with Crippen molar-refractivity contribution in [2.75, 3.05) is 0 Å². The van der Waals surface area contributed by atoms with Crippen LogP contribution in [0.4, 0.5) is 0 Å². The molecule has 0 bridgehead atoms. The fourth-order valence-corrected chi connectivity index (χ4v) is 2.82. The Balaban J connectivity index is 2.30. The number of hydrogen-bond donors (Lipinski definition) is 1. The van der Waals surface area contributed by atoms with Crippen LogP contribution in [0.3, 0.4) is 0 Å². The third kappa shape index (κ3) is 1.30. The van der Waals surface area contributed by atoms with Crippen molar-refractivity contribution in [3.05, 3.63) is 35.0 Å². The number of benzene rings is 1. The number of aromatic amines is 1. The second kappa shape index (κ2) is 3.36. The Morgan fingerprint density at radius 2 is 2.12 bits per heavy atom. The molecule has 1 N–H and O–H groups in total. The van der Waals surface area contributed by atoms with Crippen LogP contribution in [0.25, 0.3) is 10.9 Å². The summed E-state index contributed by atoms with van der Waals surface area (Å²) in [6.45, 7) is 6.43. The van der Waals surface area contributed by atoms with Crippen LogP contribution >= 0.6 is 0 Å². The van der Waals surface area contributed by atoms with Crippen LogP contribution in [-0.4, -0.2) is 11.1 Å². The lowest BCUT2D eigenvalue weighted by molar-refractivity contribution is -0.00436. The smallest absolute Gasteiger partial charge is 0.0824 e. The number of rotatable bonds is 0. The molecule has 1 aliphatic heterocycles. The lowest BCUT2D eigenvalue weighted by Gasteiger charge is -2.25. The van der Waals surface area contributed by atoms with Crippen molar-refractivity contribution in [1.29, 1.82) is 0 Å². The molecule has 0 saturated heterocycles. The molecule has 1 aromatic carbocycles. The van der Waals surface area contributed by atoms with Gasteiger partial charge in [0, 0.05) is 28.6 Å². The molecule has 0 spiro atoms. The van der Waals surface area contributed by atoms with E-state index >= 15 is 0 Å². The van der Waals surface area contributed by atoms with Gasteiger partial charge >= 0.3 is 0 Å². The van der Waals surface area contributed by atoms with Gasteiger partial charge in [-0.3, -0.25) is 0 Å². The number of aromatic nitrogens is 1. The van der Waals surface area contributed by atoms with E-state index in [0.29, 0.717) is 6.10 Å². The molecule has 0 amide bonds. The second-order valence-electron chi connectivity index (χ2n) is 4.81. The third-order valence-electron chi connectivity index (χ3n) is 3.50. The molecule has 16 heavy (non-hydrogen) atoms. The molecule has 3 rings (SSSR count). The van der Waals surface area contributed by atoms with Crippen LogP contribution in [0.2, 0.25) is 0 Å². The maximum Gasteiger partial charge on any atom is 0.0824 e. The van der Waals surface area contributed by atoms with E-state index in [9.17, 15) is 0 Å². The van der Waals surface area contributed by atoms with E-state index < -0.39 is 0 Å². The summed E-state index contributed by atoms with van der Waals surface area (Å²) in [5.41, 5.74) is 5.30. The van der Waals surface area contributed by atoms with Gasteiger partial charge in [0.15, 0.2) is 0 Å². The number of nitrogens with one attached hydrogen (secondary N) is 1. The second-order valence-corrected chi connectivity index (χ2v) is 4.81. The molecular weight excluding hydrogens is 198 g/mol. The Labute approximate surface area is 95.6 Å². The zero-order valence-corrected chi connectivity index (χ0v) is 10.0. The lowest BCUT2D eigenvalue weighted by atomic mass is 9.99. The molecular formula is C14H17NO. The largest absolute Gasteiger partial charge is 0.370 e. The molecule has 0 fully saturated rings. The Morgan fingerprint density at radius 3 is 2.94 bits per heavy atom. The number of hydrogen-bond acceptors (Lipinski definition) is 1. The van der Waals surface area contributed by atoms with Crippen molar-refractivity contribution >= 4 is 10.9 Å². The summed E-state index contributed by atoms with van der Waals surface area (Å²) in [4.78, 5) is 3.57. The van der Waals surface area contributed by atoms with Gasteiger partial charge in [0.25, 0.3) is 0 Å². The Bertz CT molecular complexity index is 541. The van der Waals surface area contributed by atoms with E-state index in [1.165, 1.54) is 27.7 Å². The Hall–Kier alpha value is -1.28. The normalized spacial score (nSPS) is 24.7. The summed E-state index contributed by atoms with van der Waals surface area (Å²) < 4.78 is 5.90. The van der Waals surface area contributed by atoms with Gasteiger partial charge in [-0.1, -0.05) is 18.2 Å². The molecule has 2 aromatic rings. The van der Waals surface area contributed by atoms with Gasteiger partial charge in [-0.15, -0.1) is 0 Å². The van der Waals surface area contributed by atoms with Crippen molar-refractivity contribution in [3.8, 4) is 0 Å². The summed E-state index contributed by atoms with van der Waals surface area (Å²) in [5, 5.41) is 1.33. The van der Waals surface area contributed by atoms with Gasteiger partial charge in [0.05, 0.1) is 12.2 Å². The van der Waals surface area contributed by atoms with E-state index in [4.69, 9.17) is 4.74 Å². The number of para-hydroxylation sites is 1. The zero-order valence-electron chi connectivity index (χ0n) is 10.0. The van der Waals surface area contributed by atoms with Crippen LogP contribution < -0.4 is 0 Å². The van der Waals surface area contributed by atoms with E-state index in [-0.39, 0.29) is 6.10 Å². The van der Waals surface area contributed by atoms with Crippen LogP contribution in [0.5, 0.6) is 0 Å². The molecule has 2 unspecified atom stereocenters. The molecule has 84 valence electrons. The van der Waals surface area contributed by atoms with Crippen molar-refractivity contribution in [2.24, 2.45) is 0 Å². The van der Waals surface area contributed by atoms with Gasteiger partial charge in [-0.25, -0.2) is 0 Å². The topological polar surface area (TPSA) is 25.0 Å². The van der Waals surface area contributed by atoms with E-state index in [2.05, 4.69) is 44.0 Å². The molecule has 2 atom stereocenters. The minimum atomic E-state index is 0.203. The van der Waals surface area contributed by atoms with Gasteiger partial charge < -0.3 is 9.72 Å². The van der Waals surface area contributed by atoms with E-state index in [1.54, 1.807) is 0 Å². The van der Waals surface area contributed by atoms with Gasteiger partial charge in [-0.2, -0.15) is 0 Å². The van der Waals surface area contributed by atoms with Gasteiger partial charge in [0.1, 0.15) is 0 Å². The van der Waals surface area contributed by atoms with Gasteiger partial charge in [0.2, 0.25) is 0 Å². The molecule has 0 radical (unpaired) electrons. The van der Waals surface area contributed by atoms with Crippen LogP contribution in [0.1, 0.15) is 36.8 Å². The van der Waals surface area contributed by atoms with Crippen molar-refractivity contribution in [2.45, 2.75) is 39.4 Å². The first-order valence-corrected chi connectivity index (χ1v) is 5.92. The van der Waals surface area contributed by atoms with E-state index in [0.717, 1.165) is 6.42 Å². The van der Waals surface area contributed by atoms with Gasteiger partial charge in [-0.05, 0) is 26.3 Å². The average Bonchev–Trinajstić information content (AvgIpc) is 2.57. The quantitative estimate of drug-likeness (QED) is 0.714. The summed E-state index contributed by atoms with van der Waals surface area (Å²) in [5.74, 6) is 0. The molecule has 2 nitrogen and oxygen atoms in total. The monoisotopic (exact) mass is 215 g/mol. The molecule has 1 aromatic heterocycles. The first-order chi connectivity index (χ1) is 7.66. The highest BCUT2D eigenvalue weighted by Crippen LogP contribution is 2.36. The van der Waals surface area contributed by atoms with Crippen molar-refractivity contribution in [3.63, 3.8) is 0 Å². The highest BCUT2D eigenvalue weighted by molar-refractivity contribution is 5.87. The summed E-state index contributed by atoms with van der Waals surface area (Å²) in [7, 11) is 0. The van der Waals surface area contributed by atoms with Crippen molar-refractivity contribution in [1.82, 2.24) is 4.98 Å². The number of aryl methyl sites for hydroxylation is 1. The maximum absolute atomic E-state index is 5.90. The number of fused-ring (bicyclic) bond motifs is 3. The molecule has 0 aliphatic carbocycles. The van der Waals surface area contributed by atoms with Crippen molar-refractivity contribution < 1.29 is 4.74 Å². The predicted octanol–water partition coefficient (Wildman–Crippen LogP) is 3.50. The highest BCUT2D eigenvalue weighted by Gasteiger charge is 2.25. The first-order valence-electron chi connectivity index (χ1n) is 5.92. The molecule has 2 heterocycles. The average molecular weight is 215 g/mol. The summed E-state index contributed by atoms with van der Waals surface area (Å²) >= 11 is 0. The lowest BCUT2D eigenvalue weighted by Crippen LogP contribution is -2.21. The highest BCUT2D eigenvalue weighted by atomic mass is 16.5. The SMILES string of the molecule is Cc1cccc2c3c([nH]c12)CC(C)OC3C. The predicted molar refractivity (Wildman–Crippen MR) is 65.7 cm³/mol. The number of ether oxygens (including phenoxy) is 1. The summed E-state index contributed by atoms with van der Waals surface area (Å²) in [6, 6.07) is 6.46. The standard InChI is InChI=1S/C14H17NO/c1-8-5-4-6-11-13-10(3)16-9(2)7-12(13)15-14(8)11/h4-6,9-10,15H,7H2,1-3H3. The minimum absolute atomic E-state index is 0.203. The Morgan fingerprint density at radius 1 is 1.31 bits per heavy atom. The molecule has 2 heteroatoms. The van der Waals surface area contributed by atoms with Crippen LogP contribution in [0, 0.1) is 6.92 Å². The maximum atomic E-state index is 5.90. The third-order valence-corrected chi connectivity index (χ3v) is 3.50. The van der Waals surface area contributed by atoms with E-state index in [1.807, 2.05) is 0 Å². The molecule has 1 aliphatic rings. The fourth-order valence-electron chi connectivity index (χ4n) is 2.82. The fraction of sp³-hybridized carbons (Fsp3) is 0.429. The minimum Gasteiger partial charge on any atom is -0.370 e. The summed E-state index contributed by atoms with van der Waals surface area (Å²) in [6.07, 6.45) is 1.51. The Kier molecular flexibility index (Phi) is 2.08. The first kappa shape index (κ1) is 9.91. The number of H-pyrrole nitrogens is 1. The zero-order chi connectivity index (χ0) is 11.3. The van der Waals surface area contributed by atoms with Crippen LogP contribution in [-0.2, 0) is 11.2 Å².